The molecule has 7 rings (SSSR count). The molecular formula is C41H44FN3O6Si. The molecule has 0 unspecified atom stereocenters. The van der Waals surface area contributed by atoms with Crippen molar-refractivity contribution in [3.05, 3.63) is 125 Å². The molecule has 0 aromatic heterocycles. The van der Waals surface area contributed by atoms with Gasteiger partial charge in [-0.3, -0.25) is 14.4 Å². The minimum Gasteiger partial charge on any atom is -0.497 e. The quantitative estimate of drug-likeness (QED) is 0.149. The van der Waals surface area contributed by atoms with Crippen LogP contribution in [0.4, 0.5) is 15.5 Å². The molecule has 3 heterocycles. The number of ether oxygens (including phenoxy) is 2. The summed E-state index contributed by atoms with van der Waals surface area (Å²) in [5, 5.41) is 13.2. The first-order valence-electron chi connectivity index (χ1n) is 17.7. The number of anilines is 2. The van der Waals surface area contributed by atoms with Gasteiger partial charge in [-0.05, 0) is 78.7 Å². The first-order valence-corrected chi connectivity index (χ1v) is 20.7. The Morgan fingerprint density at radius 1 is 1.00 bits per heavy atom. The van der Waals surface area contributed by atoms with Gasteiger partial charge in [0.25, 0.3) is 11.8 Å². The summed E-state index contributed by atoms with van der Waals surface area (Å²) in [6, 6.07) is 29.1. The van der Waals surface area contributed by atoms with Crippen molar-refractivity contribution in [2.75, 3.05) is 23.9 Å². The molecule has 1 fully saturated rings. The molecule has 4 aromatic rings. The monoisotopic (exact) mass is 721 g/mol. The summed E-state index contributed by atoms with van der Waals surface area (Å²) in [4.78, 5) is 45.0. The molecule has 2 N–H and O–H groups in total. The highest BCUT2D eigenvalue weighted by Gasteiger charge is 2.67. The van der Waals surface area contributed by atoms with Gasteiger partial charge in [-0.15, -0.1) is 0 Å². The lowest BCUT2D eigenvalue weighted by atomic mass is 9.82. The molecule has 0 saturated carbocycles. The Bertz CT molecular complexity index is 1990. The van der Waals surface area contributed by atoms with Gasteiger partial charge >= 0.3 is 0 Å². The zero-order valence-corrected chi connectivity index (χ0v) is 30.8. The highest BCUT2D eigenvalue weighted by molar-refractivity contribution is 6.72. The molecule has 0 aliphatic carbocycles. The number of amides is 3. The van der Waals surface area contributed by atoms with Crippen LogP contribution in [0, 0.1) is 5.92 Å². The Morgan fingerprint density at radius 3 is 2.37 bits per heavy atom. The molecule has 1 spiro atoms. The number of hydrogen-bond donors (Lipinski definition) is 2. The van der Waals surface area contributed by atoms with Crippen LogP contribution in [0.1, 0.15) is 46.0 Å². The number of rotatable bonds is 9. The zero-order chi connectivity index (χ0) is 36.8. The van der Waals surface area contributed by atoms with Crippen molar-refractivity contribution < 1.29 is 33.1 Å². The Morgan fingerprint density at radius 2 is 1.69 bits per heavy atom. The van der Waals surface area contributed by atoms with E-state index in [9.17, 15) is 19.5 Å². The van der Waals surface area contributed by atoms with Gasteiger partial charge < -0.3 is 33.8 Å². The molecular weight excluding hydrogens is 678 g/mol. The van der Waals surface area contributed by atoms with E-state index < -0.39 is 37.6 Å². The van der Waals surface area contributed by atoms with Gasteiger partial charge in [0.1, 0.15) is 5.75 Å². The fourth-order valence-corrected chi connectivity index (χ4v) is 11.0. The molecule has 9 nitrogen and oxygen atoms in total. The normalized spacial score (nSPS) is 23.8. The lowest BCUT2D eigenvalue weighted by Crippen LogP contribution is -2.48. The van der Waals surface area contributed by atoms with Crippen molar-refractivity contribution in [3.63, 3.8) is 0 Å². The summed E-state index contributed by atoms with van der Waals surface area (Å²) >= 11 is 0. The largest absolute Gasteiger partial charge is 0.497 e. The fraction of sp³-hybridized carbons (Fsp3) is 0.341. The molecule has 270 valence electrons. The lowest BCUT2D eigenvalue weighted by molar-refractivity contribution is -0.151. The first-order chi connectivity index (χ1) is 24.9. The molecule has 52 heavy (non-hydrogen) atoms. The predicted octanol–water partition coefficient (Wildman–Crippen LogP) is 6.61. The second-order valence-corrected chi connectivity index (χ2v) is 18.4. The number of halogens is 1. The zero-order valence-electron chi connectivity index (χ0n) is 29.8. The summed E-state index contributed by atoms with van der Waals surface area (Å²) in [7, 11) is -1.99. The number of carbonyl (C=O) groups excluding carboxylic acids is 3. The summed E-state index contributed by atoms with van der Waals surface area (Å²) in [5.74, 6) is -0.833. The lowest BCUT2D eigenvalue weighted by Gasteiger charge is -2.37. The molecule has 11 heteroatoms. The Kier molecular flexibility index (Phi) is 9.53. The van der Waals surface area contributed by atoms with Gasteiger partial charge in [0.2, 0.25) is 14.3 Å². The van der Waals surface area contributed by atoms with Crippen LogP contribution in [0.2, 0.25) is 18.6 Å². The van der Waals surface area contributed by atoms with Crippen LogP contribution >= 0.6 is 0 Å². The summed E-state index contributed by atoms with van der Waals surface area (Å²) < 4.78 is 29.0. The van der Waals surface area contributed by atoms with E-state index in [1.807, 2.05) is 55.5 Å². The van der Waals surface area contributed by atoms with Crippen LogP contribution in [-0.4, -0.2) is 62.0 Å². The predicted molar refractivity (Wildman–Crippen MR) is 199 cm³/mol. The van der Waals surface area contributed by atoms with Crippen LogP contribution < -0.4 is 15.0 Å². The van der Waals surface area contributed by atoms with Crippen molar-refractivity contribution in [3.8, 4) is 5.75 Å². The molecule has 5 atom stereocenters. The van der Waals surface area contributed by atoms with E-state index in [0.717, 1.165) is 16.7 Å². The molecule has 3 amide bonds. The molecule has 0 bridgehead atoms. The second kappa shape index (κ2) is 13.9. The van der Waals surface area contributed by atoms with Crippen molar-refractivity contribution in [2.24, 2.45) is 5.92 Å². The molecule has 4 aromatic carbocycles. The van der Waals surface area contributed by atoms with Crippen molar-refractivity contribution in [1.82, 2.24) is 4.90 Å². The summed E-state index contributed by atoms with van der Waals surface area (Å²) in [6.07, 6.45) is -0.447. The highest BCUT2D eigenvalue weighted by atomic mass is 28.4. The number of nitrogens with zero attached hydrogens (tertiary/aromatic N) is 2. The average molecular weight is 722 g/mol. The maximum Gasteiger partial charge on any atom is 0.264 e. The molecule has 0 radical (unpaired) electrons. The smallest absolute Gasteiger partial charge is 0.264 e. The van der Waals surface area contributed by atoms with Crippen LogP contribution in [0.25, 0.3) is 0 Å². The van der Waals surface area contributed by atoms with Gasteiger partial charge in [-0.25, -0.2) is 0 Å². The first kappa shape index (κ1) is 35.6. The van der Waals surface area contributed by atoms with E-state index in [0.29, 0.717) is 41.2 Å². The van der Waals surface area contributed by atoms with Crippen LogP contribution in [0.15, 0.2) is 97.1 Å². The van der Waals surface area contributed by atoms with Gasteiger partial charge in [0.15, 0.2) is 5.60 Å². The van der Waals surface area contributed by atoms with E-state index in [2.05, 4.69) is 5.32 Å². The minimum atomic E-state index is -3.54. The SMILES string of the molecule is COc1ccc2c(c1)[C@]1(O[C@@H](CC(=O)N3Cc4ccccc4C[C@H]3CO)[C@H]([Si](C)(C)F)[C@H]1C)C(=O)N2Cc1ccc(NC(=O)c2ccccc2)cc1. The number of fused-ring (bicyclic) bond motifs is 3. The van der Waals surface area contributed by atoms with Gasteiger partial charge in [0.05, 0.1) is 44.5 Å². The maximum absolute atomic E-state index is 16.5. The highest BCUT2D eigenvalue weighted by Crippen LogP contribution is 2.60. The van der Waals surface area contributed by atoms with Crippen molar-refractivity contribution >= 4 is 37.5 Å². The van der Waals surface area contributed by atoms with E-state index >= 15 is 4.11 Å². The number of hydrogen-bond acceptors (Lipinski definition) is 6. The van der Waals surface area contributed by atoms with E-state index in [1.165, 1.54) is 0 Å². The number of nitrogens with one attached hydrogen (secondary N) is 1. The van der Waals surface area contributed by atoms with Crippen LogP contribution in [0.5, 0.6) is 5.75 Å². The number of benzene rings is 4. The average Bonchev–Trinajstić information content (AvgIpc) is 3.57. The van der Waals surface area contributed by atoms with Gasteiger partial charge in [-0.2, -0.15) is 0 Å². The standard InChI is InChI=1S/C41H44FN3O6Si/c1-26-38(52(3,4)42)36(22-37(47)44-24-30-13-9-8-12-29(30)20-32(44)25-46)51-41(26)34-21-33(50-2)18-19-35(34)45(40(41)49)23-27-14-16-31(17-15-27)43-39(48)28-10-6-5-7-11-28/h5-19,21,26,32,36,38,46H,20,22-25H2,1-4H3,(H,43,48)/t26-,32+,36+,38-,41+/m1/s1. The van der Waals surface area contributed by atoms with Crippen LogP contribution in [-0.2, 0) is 39.4 Å². The molecule has 1 saturated heterocycles. The minimum absolute atomic E-state index is 0.113. The van der Waals surface area contributed by atoms with E-state index in [1.54, 1.807) is 78.5 Å². The topological polar surface area (TPSA) is 108 Å². The number of methoxy groups -OCH3 is 1. The summed E-state index contributed by atoms with van der Waals surface area (Å²) in [6.45, 7) is 5.45. The Hall–Kier alpha value is -4.84. The number of aliphatic hydroxyl groups excluding tert-OH is 1. The third-order valence-electron chi connectivity index (χ3n) is 11.0. The second-order valence-electron chi connectivity index (χ2n) is 14.6. The van der Waals surface area contributed by atoms with Crippen molar-refractivity contribution in [2.45, 2.75) is 69.2 Å². The van der Waals surface area contributed by atoms with Gasteiger partial charge in [-0.1, -0.05) is 61.5 Å². The Balaban J connectivity index is 1.17. The number of aliphatic hydroxyl groups is 1. The third-order valence-corrected chi connectivity index (χ3v) is 13.5. The van der Waals surface area contributed by atoms with Crippen LogP contribution in [0.3, 0.4) is 0 Å². The van der Waals surface area contributed by atoms with E-state index in [-0.39, 0.29) is 37.3 Å². The van der Waals surface area contributed by atoms with Gasteiger partial charge in [0, 0.05) is 34.8 Å². The van der Waals surface area contributed by atoms with E-state index in [4.69, 9.17) is 9.47 Å². The van der Waals surface area contributed by atoms with Crippen molar-refractivity contribution in [1.29, 1.82) is 0 Å². The fourth-order valence-electron chi connectivity index (χ4n) is 8.51. The molecule has 3 aliphatic rings. The number of carbonyl (C=O) groups is 3. The summed E-state index contributed by atoms with van der Waals surface area (Å²) in [5.41, 5.74) is 3.12. The Labute approximate surface area is 304 Å². The molecule has 3 aliphatic heterocycles. The third kappa shape index (κ3) is 6.31. The maximum atomic E-state index is 16.5.